The van der Waals surface area contributed by atoms with Gasteiger partial charge in [0.2, 0.25) is 5.91 Å². The second kappa shape index (κ2) is 12.9. The molecule has 15 heteroatoms. The normalized spacial score (nSPS) is 21.7. The van der Waals surface area contributed by atoms with Crippen LogP contribution in [-0.2, 0) is 14.4 Å². The number of ketones is 1. The first-order chi connectivity index (χ1) is 21.2. The lowest BCUT2D eigenvalue weighted by Crippen LogP contribution is -2.29. The predicted octanol–water partition coefficient (Wildman–Crippen LogP) is 8.71. The Labute approximate surface area is 285 Å². The number of hydrogen-bond donors (Lipinski definition) is 3. The Hall–Kier alpha value is -2.66. The highest BCUT2D eigenvalue weighted by Crippen LogP contribution is 2.65. The largest absolute Gasteiger partial charge is 0.379 e. The van der Waals surface area contributed by atoms with Gasteiger partial charge in [0.1, 0.15) is 27.9 Å². The van der Waals surface area contributed by atoms with Gasteiger partial charge in [-0.2, -0.15) is 0 Å². The van der Waals surface area contributed by atoms with Crippen LogP contribution in [0.4, 0.5) is 25.8 Å². The molecule has 2 fully saturated rings. The van der Waals surface area contributed by atoms with E-state index in [1.807, 2.05) is 0 Å². The fraction of sp³-hybridized carbons (Fsp3) is 0.267. The number of Topliss-reactive ketones (excluding diaryl/α,β-unsaturated/α-hetero) is 1. The minimum absolute atomic E-state index is 0.0241. The fourth-order valence-corrected chi connectivity index (χ4v) is 6.98. The van der Waals surface area contributed by atoms with Gasteiger partial charge in [-0.15, -0.1) is 23.2 Å². The molecule has 2 aliphatic carbocycles. The molecule has 0 saturated heterocycles. The minimum atomic E-state index is -1.48. The van der Waals surface area contributed by atoms with Gasteiger partial charge in [0, 0.05) is 31.0 Å². The van der Waals surface area contributed by atoms with Crippen molar-refractivity contribution in [3.8, 4) is 0 Å². The number of nitrogens with one attached hydrogen (secondary N) is 3. The van der Waals surface area contributed by atoms with E-state index in [0.717, 1.165) is 12.1 Å². The molecule has 236 valence electrons. The van der Waals surface area contributed by atoms with Crippen molar-refractivity contribution < 1.29 is 28.0 Å². The summed E-state index contributed by atoms with van der Waals surface area (Å²) in [6.07, 6.45) is 1.05. The summed E-state index contributed by atoms with van der Waals surface area (Å²) in [5.41, 5.74) is -1.51. The van der Waals surface area contributed by atoms with E-state index in [1.54, 1.807) is 0 Å². The van der Waals surface area contributed by atoms with Crippen molar-refractivity contribution >= 4 is 111 Å². The van der Waals surface area contributed by atoms with Crippen molar-refractivity contribution in [1.82, 2.24) is 0 Å². The standard InChI is InChI=1S/C30H21Cl6F2N3O4/c31-17-2-1-14(40-28(45)23-22(30(23,35)36)13-7-18(32)24(34)19(33)8-13)9-16(17)27(44)41-21-4-3-20(37)26(25(21)38)39-11-29(12-42)6-5-15(43)10-29/h1-4,7-9,12,22-23,39H,5-6,10-11H2,(H,40,45)(H,41,44)/t22-,23+,29?/m0/s1. The minimum Gasteiger partial charge on any atom is -0.379 e. The molecule has 3 atom stereocenters. The van der Waals surface area contributed by atoms with E-state index in [0.29, 0.717) is 11.8 Å². The first kappa shape index (κ1) is 33.7. The van der Waals surface area contributed by atoms with Gasteiger partial charge >= 0.3 is 0 Å². The van der Waals surface area contributed by atoms with Crippen LogP contribution in [0.5, 0.6) is 0 Å². The van der Waals surface area contributed by atoms with Crippen molar-refractivity contribution in [1.29, 1.82) is 0 Å². The number of amides is 2. The third kappa shape index (κ3) is 6.75. The average Bonchev–Trinajstić information content (AvgIpc) is 3.37. The lowest BCUT2D eigenvalue weighted by atomic mass is 9.88. The van der Waals surface area contributed by atoms with Crippen LogP contribution in [0.25, 0.3) is 0 Å². The SMILES string of the molecule is O=CC1(CNc2c(F)ccc(NC(=O)c3cc(NC(=O)[C@H]4[C@H](c5cc(Cl)c(Cl)c(Cl)c5)C4(Cl)Cl)ccc3Cl)c2F)CCC(=O)C1. The van der Waals surface area contributed by atoms with E-state index in [-0.39, 0.29) is 68.6 Å². The van der Waals surface area contributed by atoms with Crippen LogP contribution in [0.3, 0.4) is 0 Å². The molecule has 2 saturated carbocycles. The molecular weight excluding hydrogens is 717 g/mol. The van der Waals surface area contributed by atoms with E-state index in [1.165, 1.54) is 30.3 Å². The second-order valence-electron chi connectivity index (χ2n) is 10.9. The number of hydrogen-bond acceptors (Lipinski definition) is 5. The quantitative estimate of drug-likeness (QED) is 0.116. The molecule has 0 spiro atoms. The molecule has 2 aliphatic rings. The highest BCUT2D eigenvalue weighted by Gasteiger charge is 2.67. The number of benzene rings is 3. The van der Waals surface area contributed by atoms with E-state index in [9.17, 15) is 23.6 Å². The Kier molecular flexibility index (Phi) is 9.63. The van der Waals surface area contributed by atoms with Gasteiger partial charge in [-0.1, -0.05) is 46.4 Å². The number of anilines is 3. The van der Waals surface area contributed by atoms with Gasteiger partial charge in [0.05, 0.1) is 42.7 Å². The molecule has 3 aromatic carbocycles. The maximum atomic E-state index is 15.3. The molecule has 1 unspecified atom stereocenters. The first-order valence-corrected chi connectivity index (χ1v) is 15.6. The molecule has 3 N–H and O–H groups in total. The van der Waals surface area contributed by atoms with Gasteiger partial charge in [-0.25, -0.2) is 8.78 Å². The molecule has 0 aromatic heterocycles. The van der Waals surface area contributed by atoms with Crippen LogP contribution in [0, 0.1) is 23.0 Å². The average molecular weight is 738 g/mol. The molecular formula is C30H21Cl6F2N3O4. The third-order valence-electron chi connectivity index (χ3n) is 7.84. The van der Waals surface area contributed by atoms with Crippen LogP contribution >= 0.6 is 69.6 Å². The van der Waals surface area contributed by atoms with Crippen LogP contribution < -0.4 is 16.0 Å². The molecule has 0 aliphatic heterocycles. The van der Waals surface area contributed by atoms with E-state index < -0.39 is 50.7 Å². The van der Waals surface area contributed by atoms with Gasteiger partial charge in [0.25, 0.3) is 5.91 Å². The van der Waals surface area contributed by atoms with Crippen molar-refractivity contribution in [2.75, 3.05) is 22.5 Å². The summed E-state index contributed by atoms with van der Waals surface area (Å²) in [4.78, 5) is 49.7. The highest BCUT2D eigenvalue weighted by molar-refractivity contribution is 6.54. The van der Waals surface area contributed by atoms with Crippen molar-refractivity contribution in [2.24, 2.45) is 11.3 Å². The van der Waals surface area contributed by atoms with Gasteiger partial charge < -0.3 is 20.7 Å². The predicted molar refractivity (Wildman–Crippen MR) is 172 cm³/mol. The summed E-state index contributed by atoms with van der Waals surface area (Å²) in [6.45, 7) is -0.174. The summed E-state index contributed by atoms with van der Waals surface area (Å²) in [5.74, 6) is -5.22. The summed E-state index contributed by atoms with van der Waals surface area (Å²) in [7, 11) is 0. The Morgan fingerprint density at radius 1 is 0.956 bits per heavy atom. The molecule has 7 nitrogen and oxygen atoms in total. The number of rotatable bonds is 9. The third-order valence-corrected chi connectivity index (χ3v) is 10.3. The highest BCUT2D eigenvalue weighted by atomic mass is 35.5. The molecule has 0 radical (unpaired) electrons. The number of alkyl halides is 2. The van der Waals surface area contributed by atoms with E-state index >= 15 is 4.39 Å². The molecule has 0 bridgehead atoms. The number of carbonyl (C=O) groups is 4. The monoisotopic (exact) mass is 735 g/mol. The summed E-state index contributed by atoms with van der Waals surface area (Å²) in [6, 6.07) is 9.03. The Balaban J connectivity index is 1.30. The van der Waals surface area contributed by atoms with Gasteiger partial charge in [-0.05, 0) is 54.4 Å². The van der Waals surface area contributed by atoms with Crippen LogP contribution in [-0.4, -0.2) is 34.8 Å². The topological polar surface area (TPSA) is 104 Å². The summed E-state index contributed by atoms with van der Waals surface area (Å²) < 4.78 is 28.4. The number of carbonyl (C=O) groups excluding carboxylic acids is 4. The molecule has 45 heavy (non-hydrogen) atoms. The van der Waals surface area contributed by atoms with E-state index in [2.05, 4.69) is 16.0 Å². The van der Waals surface area contributed by atoms with Gasteiger partial charge in [0.15, 0.2) is 5.82 Å². The zero-order valence-corrected chi connectivity index (χ0v) is 27.3. The molecule has 2 amide bonds. The van der Waals surface area contributed by atoms with Crippen molar-refractivity contribution in [3.63, 3.8) is 0 Å². The van der Waals surface area contributed by atoms with Crippen LogP contribution in [0.2, 0.25) is 20.1 Å². The molecule has 3 aromatic rings. The van der Waals surface area contributed by atoms with Crippen LogP contribution in [0.1, 0.15) is 41.1 Å². The first-order valence-electron chi connectivity index (χ1n) is 13.3. The zero-order valence-electron chi connectivity index (χ0n) is 22.8. The van der Waals surface area contributed by atoms with Crippen LogP contribution in [0.15, 0.2) is 42.5 Å². The van der Waals surface area contributed by atoms with Gasteiger partial charge in [-0.3, -0.25) is 14.4 Å². The Morgan fingerprint density at radius 2 is 1.64 bits per heavy atom. The lowest BCUT2D eigenvalue weighted by Gasteiger charge is -2.22. The molecule has 5 rings (SSSR count). The van der Waals surface area contributed by atoms with Crippen molar-refractivity contribution in [2.45, 2.75) is 29.5 Å². The second-order valence-corrected chi connectivity index (χ2v) is 13.9. The molecule has 0 heterocycles. The number of halogens is 8. The number of aldehydes is 1. The smallest absolute Gasteiger partial charge is 0.257 e. The van der Waals surface area contributed by atoms with Crippen molar-refractivity contribution in [3.05, 3.63) is 85.3 Å². The maximum absolute atomic E-state index is 15.3. The lowest BCUT2D eigenvalue weighted by molar-refractivity contribution is -0.121. The Morgan fingerprint density at radius 3 is 2.27 bits per heavy atom. The Bertz CT molecular complexity index is 1730. The zero-order chi connectivity index (χ0) is 32.8. The summed E-state index contributed by atoms with van der Waals surface area (Å²) >= 11 is 37.4. The van der Waals surface area contributed by atoms with E-state index in [4.69, 9.17) is 69.6 Å². The fourth-order valence-electron chi connectivity index (χ4n) is 5.34. The maximum Gasteiger partial charge on any atom is 0.257 e. The summed E-state index contributed by atoms with van der Waals surface area (Å²) in [5, 5.41) is 8.02.